The van der Waals surface area contributed by atoms with Gasteiger partial charge in [-0.05, 0) is 66.3 Å². The van der Waals surface area contributed by atoms with Crippen molar-refractivity contribution < 1.29 is 0 Å². The van der Waals surface area contributed by atoms with Gasteiger partial charge in [0.15, 0.2) is 5.82 Å². The molecule has 0 saturated heterocycles. The van der Waals surface area contributed by atoms with Gasteiger partial charge in [-0.3, -0.25) is 9.69 Å². The highest BCUT2D eigenvalue weighted by molar-refractivity contribution is 5.85. The largest absolute Gasteiger partial charge is 0.321 e. The number of hydrogen-bond acceptors (Lipinski definition) is 5. The molecule has 0 radical (unpaired) electrons. The van der Waals surface area contributed by atoms with Crippen molar-refractivity contribution in [3.63, 3.8) is 0 Å². The summed E-state index contributed by atoms with van der Waals surface area (Å²) in [5.41, 5.74) is 5.28. The molecule has 0 atom stereocenters. The minimum absolute atomic E-state index is 0.00400. The van der Waals surface area contributed by atoms with Gasteiger partial charge in [-0.15, -0.1) is 5.10 Å². The summed E-state index contributed by atoms with van der Waals surface area (Å²) in [4.78, 5) is 18.7. The maximum atomic E-state index is 13.1. The average molecular weight is 471 g/mol. The molecule has 0 bridgehead atoms. The lowest BCUT2D eigenvalue weighted by atomic mass is 9.93. The summed E-state index contributed by atoms with van der Waals surface area (Å²) < 4.78 is 1.92. The van der Waals surface area contributed by atoms with E-state index in [9.17, 15) is 4.79 Å². The SMILES string of the molecule is Cc1ccc(C)c2[nH]c(=O)c(CN(Cc3nnnn3CCc3ccccc3)C3CCCCC3)cc12. The lowest BCUT2D eigenvalue weighted by Crippen LogP contribution is -2.38. The summed E-state index contributed by atoms with van der Waals surface area (Å²) in [7, 11) is 0. The van der Waals surface area contributed by atoms with Crippen LogP contribution in [0.5, 0.6) is 0 Å². The molecule has 7 heteroatoms. The second kappa shape index (κ2) is 10.5. The van der Waals surface area contributed by atoms with Gasteiger partial charge >= 0.3 is 0 Å². The molecule has 7 nitrogen and oxygen atoms in total. The maximum absolute atomic E-state index is 13.1. The standard InChI is InChI=1S/C28H34N6O/c1-20-13-14-21(2)27-25(20)17-23(28(35)29-27)18-33(24-11-7-4-8-12-24)19-26-30-31-32-34(26)16-15-22-9-5-3-6-10-22/h3,5-6,9-10,13-14,17,24H,4,7-8,11-12,15-16,18-19H2,1-2H3,(H,29,35). The molecule has 0 amide bonds. The second-order valence-corrected chi connectivity index (χ2v) is 9.86. The Hall–Kier alpha value is -3.32. The van der Waals surface area contributed by atoms with Crippen LogP contribution in [0.3, 0.4) is 0 Å². The molecule has 1 aliphatic rings. The monoisotopic (exact) mass is 470 g/mol. The number of tetrazole rings is 1. The molecule has 4 aromatic rings. The van der Waals surface area contributed by atoms with Crippen LogP contribution in [0.4, 0.5) is 0 Å². The van der Waals surface area contributed by atoms with Crippen molar-refractivity contribution in [2.75, 3.05) is 0 Å². The van der Waals surface area contributed by atoms with Crippen molar-refractivity contribution in [2.24, 2.45) is 0 Å². The van der Waals surface area contributed by atoms with Crippen LogP contribution in [0.2, 0.25) is 0 Å². The van der Waals surface area contributed by atoms with Crippen LogP contribution in [0.1, 0.15) is 60.2 Å². The predicted octanol–water partition coefficient (Wildman–Crippen LogP) is 4.71. The Morgan fingerprint density at radius 2 is 1.77 bits per heavy atom. The van der Waals surface area contributed by atoms with Crippen LogP contribution in [0, 0.1) is 13.8 Å². The summed E-state index contributed by atoms with van der Waals surface area (Å²) in [5.74, 6) is 0.857. The Bertz CT molecular complexity index is 1340. The molecule has 2 aromatic carbocycles. The lowest BCUT2D eigenvalue weighted by molar-refractivity contribution is 0.133. The van der Waals surface area contributed by atoms with Gasteiger partial charge in [0, 0.05) is 30.1 Å². The highest BCUT2D eigenvalue weighted by Gasteiger charge is 2.24. The summed E-state index contributed by atoms with van der Waals surface area (Å²) >= 11 is 0. The smallest absolute Gasteiger partial charge is 0.252 e. The van der Waals surface area contributed by atoms with Crippen LogP contribution < -0.4 is 5.56 Å². The molecular weight excluding hydrogens is 436 g/mol. The Kier molecular flexibility index (Phi) is 7.04. The van der Waals surface area contributed by atoms with E-state index in [1.165, 1.54) is 30.4 Å². The summed E-state index contributed by atoms with van der Waals surface area (Å²) in [6.07, 6.45) is 6.92. The zero-order valence-electron chi connectivity index (χ0n) is 20.7. The van der Waals surface area contributed by atoms with E-state index in [0.717, 1.165) is 53.7 Å². The van der Waals surface area contributed by atoms with E-state index in [0.29, 0.717) is 19.1 Å². The van der Waals surface area contributed by atoms with Crippen LogP contribution in [-0.2, 0) is 26.1 Å². The lowest BCUT2D eigenvalue weighted by Gasteiger charge is -2.33. The Balaban J connectivity index is 1.41. The molecule has 0 aliphatic heterocycles. The summed E-state index contributed by atoms with van der Waals surface area (Å²) in [6, 6.07) is 17.1. The third kappa shape index (κ3) is 5.35. The number of rotatable bonds is 8. The molecule has 1 N–H and O–H groups in total. The number of aromatic nitrogens is 5. The number of nitrogens with zero attached hydrogens (tertiary/aromatic N) is 5. The van der Waals surface area contributed by atoms with E-state index in [2.05, 4.69) is 74.8 Å². The first-order valence-electron chi connectivity index (χ1n) is 12.7. The Labute approximate surface area is 206 Å². The van der Waals surface area contributed by atoms with Crippen molar-refractivity contribution in [3.05, 3.63) is 87.0 Å². The normalized spacial score (nSPS) is 14.7. The molecule has 5 rings (SSSR count). The van der Waals surface area contributed by atoms with Gasteiger partial charge in [-0.2, -0.15) is 0 Å². The van der Waals surface area contributed by atoms with E-state index in [1.54, 1.807) is 0 Å². The second-order valence-electron chi connectivity index (χ2n) is 9.86. The van der Waals surface area contributed by atoms with Crippen molar-refractivity contribution in [3.8, 4) is 0 Å². The van der Waals surface area contributed by atoms with Gasteiger partial charge in [0.2, 0.25) is 0 Å². The van der Waals surface area contributed by atoms with Crippen molar-refractivity contribution in [1.82, 2.24) is 30.1 Å². The Morgan fingerprint density at radius 1 is 1.00 bits per heavy atom. The van der Waals surface area contributed by atoms with E-state index >= 15 is 0 Å². The molecule has 2 heterocycles. The van der Waals surface area contributed by atoms with E-state index in [-0.39, 0.29) is 5.56 Å². The summed E-state index contributed by atoms with van der Waals surface area (Å²) in [5, 5.41) is 13.8. The van der Waals surface area contributed by atoms with Gasteiger partial charge < -0.3 is 4.98 Å². The average Bonchev–Trinajstić information content (AvgIpc) is 3.33. The zero-order chi connectivity index (χ0) is 24.2. The number of pyridine rings is 1. The molecule has 1 saturated carbocycles. The minimum Gasteiger partial charge on any atom is -0.321 e. The molecule has 2 aromatic heterocycles. The van der Waals surface area contributed by atoms with Crippen LogP contribution in [0.15, 0.2) is 53.3 Å². The number of hydrogen-bond donors (Lipinski definition) is 1. The number of H-pyrrole nitrogens is 1. The third-order valence-corrected chi connectivity index (χ3v) is 7.39. The first-order valence-corrected chi connectivity index (χ1v) is 12.7. The number of aryl methyl sites for hydroxylation is 4. The first-order chi connectivity index (χ1) is 17.1. The Morgan fingerprint density at radius 3 is 2.57 bits per heavy atom. The fraction of sp³-hybridized carbons (Fsp3) is 0.429. The predicted molar refractivity (Wildman–Crippen MR) is 138 cm³/mol. The van der Waals surface area contributed by atoms with Gasteiger partial charge in [0.1, 0.15) is 0 Å². The summed E-state index contributed by atoms with van der Waals surface area (Å²) in [6.45, 7) is 6.11. The fourth-order valence-corrected chi connectivity index (χ4v) is 5.29. The van der Waals surface area contributed by atoms with Crippen LogP contribution >= 0.6 is 0 Å². The van der Waals surface area contributed by atoms with E-state index in [1.807, 2.05) is 17.7 Å². The molecule has 1 aliphatic carbocycles. The third-order valence-electron chi connectivity index (χ3n) is 7.39. The van der Waals surface area contributed by atoms with Crippen molar-refractivity contribution >= 4 is 10.9 Å². The van der Waals surface area contributed by atoms with Crippen LogP contribution in [0.25, 0.3) is 10.9 Å². The molecule has 0 spiro atoms. The maximum Gasteiger partial charge on any atom is 0.252 e. The molecule has 182 valence electrons. The highest BCUT2D eigenvalue weighted by atomic mass is 16.1. The van der Waals surface area contributed by atoms with Crippen molar-refractivity contribution in [1.29, 1.82) is 0 Å². The fourth-order valence-electron chi connectivity index (χ4n) is 5.29. The van der Waals surface area contributed by atoms with Gasteiger partial charge in [-0.25, -0.2) is 4.68 Å². The number of fused-ring (bicyclic) bond motifs is 1. The molecule has 0 unspecified atom stereocenters. The quantitative estimate of drug-likeness (QED) is 0.403. The van der Waals surface area contributed by atoms with E-state index in [4.69, 9.17) is 0 Å². The van der Waals surface area contributed by atoms with Gasteiger partial charge in [0.05, 0.1) is 12.1 Å². The number of nitrogens with one attached hydrogen (secondary N) is 1. The van der Waals surface area contributed by atoms with Crippen molar-refractivity contribution in [2.45, 2.75) is 78.0 Å². The first kappa shape index (κ1) is 23.4. The molecular formula is C28H34N6O. The number of aromatic amines is 1. The minimum atomic E-state index is -0.00400. The topological polar surface area (TPSA) is 79.7 Å². The molecule has 1 fully saturated rings. The molecule has 35 heavy (non-hydrogen) atoms. The van der Waals surface area contributed by atoms with Gasteiger partial charge in [-0.1, -0.05) is 61.7 Å². The highest BCUT2D eigenvalue weighted by Crippen LogP contribution is 2.26. The number of benzene rings is 2. The zero-order valence-corrected chi connectivity index (χ0v) is 20.7. The van der Waals surface area contributed by atoms with Gasteiger partial charge in [0.25, 0.3) is 5.56 Å². The van der Waals surface area contributed by atoms with Crippen LogP contribution in [-0.4, -0.2) is 36.1 Å². The van der Waals surface area contributed by atoms with E-state index < -0.39 is 0 Å².